The number of ether oxygens (including phenoxy) is 2. The summed E-state index contributed by atoms with van der Waals surface area (Å²) in [5.74, 6) is 3.43. The molecule has 4 nitrogen and oxygen atoms in total. The molecular formula is C13H20N2O2S. The Morgan fingerprint density at radius 3 is 2.67 bits per heavy atom. The molecule has 0 aliphatic heterocycles. The Morgan fingerprint density at radius 2 is 2.06 bits per heavy atom. The smallest absolute Gasteiger partial charge is 0.161 e. The molecule has 0 unspecified atom stereocenters. The summed E-state index contributed by atoms with van der Waals surface area (Å²) in [7, 11) is 0. The van der Waals surface area contributed by atoms with E-state index in [4.69, 9.17) is 20.6 Å². The summed E-state index contributed by atoms with van der Waals surface area (Å²) in [5.41, 5.74) is 6.10. The average Bonchev–Trinajstić information content (AvgIpc) is 2.36. The van der Waals surface area contributed by atoms with Gasteiger partial charge >= 0.3 is 0 Å². The first-order chi connectivity index (χ1) is 8.69. The highest BCUT2D eigenvalue weighted by molar-refractivity contribution is 7.99. The fourth-order valence-corrected chi connectivity index (χ4v) is 1.91. The molecule has 1 rings (SSSR count). The van der Waals surface area contributed by atoms with E-state index in [-0.39, 0.29) is 5.84 Å². The number of hydrogen-bond acceptors (Lipinski definition) is 4. The second kappa shape index (κ2) is 7.87. The zero-order valence-corrected chi connectivity index (χ0v) is 11.7. The van der Waals surface area contributed by atoms with E-state index >= 15 is 0 Å². The van der Waals surface area contributed by atoms with Crippen molar-refractivity contribution in [1.29, 1.82) is 5.41 Å². The van der Waals surface area contributed by atoms with Crippen molar-refractivity contribution in [3.63, 3.8) is 0 Å². The lowest BCUT2D eigenvalue weighted by Gasteiger charge is -2.12. The molecule has 0 heterocycles. The third-order valence-corrected chi connectivity index (χ3v) is 3.11. The zero-order chi connectivity index (χ0) is 13.4. The molecule has 1 aromatic rings. The number of hydrogen-bond donors (Lipinski definition) is 2. The van der Waals surface area contributed by atoms with Crippen molar-refractivity contribution < 1.29 is 9.47 Å². The van der Waals surface area contributed by atoms with Gasteiger partial charge in [-0.2, -0.15) is 11.8 Å². The lowest BCUT2D eigenvalue weighted by molar-refractivity contribution is 0.289. The summed E-state index contributed by atoms with van der Waals surface area (Å²) in [5, 5.41) is 7.41. The van der Waals surface area contributed by atoms with Gasteiger partial charge in [0.15, 0.2) is 11.5 Å². The molecule has 0 saturated carbocycles. The van der Waals surface area contributed by atoms with E-state index in [9.17, 15) is 0 Å². The minimum absolute atomic E-state index is 0.0315. The number of nitrogens with two attached hydrogens (primary N) is 1. The Labute approximate surface area is 112 Å². The van der Waals surface area contributed by atoms with Crippen LogP contribution in [0.25, 0.3) is 0 Å². The minimum Gasteiger partial charge on any atom is -0.490 e. The van der Waals surface area contributed by atoms with Crippen LogP contribution < -0.4 is 15.2 Å². The van der Waals surface area contributed by atoms with Crippen LogP contribution in [0.1, 0.15) is 19.4 Å². The highest BCUT2D eigenvalue weighted by Crippen LogP contribution is 2.28. The molecule has 100 valence electrons. The topological polar surface area (TPSA) is 68.3 Å². The molecule has 3 N–H and O–H groups in total. The number of nitrogens with one attached hydrogen (secondary N) is 1. The van der Waals surface area contributed by atoms with Gasteiger partial charge in [0.2, 0.25) is 0 Å². The normalized spacial score (nSPS) is 10.1. The fraction of sp³-hybridized carbons (Fsp3) is 0.462. The van der Waals surface area contributed by atoms with E-state index < -0.39 is 0 Å². The number of amidine groups is 1. The van der Waals surface area contributed by atoms with Crippen LogP contribution >= 0.6 is 11.8 Å². The first kappa shape index (κ1) is 14.7. The molecule has 18 heavy (non-hydrogen) atoms. The van der Waals surface area contributed by atoms with E-state index in [1.807, 2.05) is 18.7 Å². The third kappa shape index (κ3) is 4.49. The molecule has 5 heteroatoms. The number of nitrogen functional groups attached to an aromatic ring is 1. The molecular weight excluding hydrogens is 248 g/mol. The molecule has 0 atom stereocenters. The van der Waals surface area contributed by atoms with Crippen LogP contribution in [0.4, 0.5) is 0 Å². The molecule has 0 aliphatic rings. The van der Waals surface area contributed by atoms with Crippen LogP contribution in [0.5, 0.6) is 11.5 Å². The molecule has 0 spiro atoms. The van der Waals surface area contributed by atoms with E-state index in [0.29, 0.717) is 30.3 Å². The summed E-state index contributed by atoms with van der Waals surface area (Å²) in [6.45, 7) is 5.24. The molecule has 0 amide bonds. The largest absolute Gasteiger partial charge is 0.490 e. The summed E-state index contributed by atoms with van der Waals surface area (Å²) >= 11 is 1.83. The number of rotatable bonds is 8. The molecule has 0 saturated heterocycles. The van der Waals surface area contributed by atoms with Gasteiger partial charge in [0.1, 0.15) is 5.84 Å². The molecule has 0 fully saturated rings. The van der Waals surface area contributed by atoms with Gasteiger partial charge in [-0.3, -0.25) is 5.41 Å². The second-order valence-electron chi connectivity index (χ2n) is 3.55. The van der Waals surface area contributed by atoms with Crippen LogP contribution in [-0.2, 0) is 0 Å². The first-order valence-corrected chi connectivity index (χ1v) is 7.16. The summed E-state index contributed by atoms with van der Waals surface area (Å²) < 4.78 is 11.2. The maximum absolute atomic E-state index is 7.41. The maximum atomic E-state index is 7.41. The average molecular weight is 268 g/mol. The lowest BCUT2D eigenvalue weighted by Crippen LogP contribution is -2.11. The van der Waals surface area contributed by atoms with Crippen molar-refractivity contribution in [2.24, 2.45) is 5.73 Å². The van der Waals surface area contributed by atoms with Gasteiger partial charge < -0.3 is 15.2 Å². The van der Waals surface area contributed by atoms with Gasteiger partial charge in [-0.1, -0.05) is 6.92 Å². The van der Waals surface area contributed by atoms with E-state index in [2.05, 4.69) is 6.92 Å². The van der Waals surface area contributed by atoms with Crippen LogP contribution in [0.15, 0.2) is 18.2 Å². The molecule has 0 radical (unpaired) electrons. The van der Waals surface area contributed by atoms with Crippen molar-refractivity contribution in [3.05, 3.63) is 23.8 Å². The maximum Gasteiger partial charge on any atom is 0.161 e. The number of benzene rings is 1. The predicted molar refractivity (Wildman–Crippen MR) is 77.1 cm³/mol. The molecule has 0 aromatic heterocycles. The van der Waals surface area contributed by atoms with Crippen LogP contribution in [-0.4, -0.2) is 30.6 Å². The van der Waals surface area contributed by atoms with Gasteiger partial charge in [0.05, 0.1) is 13.2 Å². The second-order valence-corrected chi connectivity index (χ2v) is 4.95. The molecule has 0 aliphatic carbocycles. The van der Waals surface area contributed by atoms with Gasteiger partial charge in [-0.05, 0) is 30.9 Å². The van der Waals surface area contributed by atoms with Crippen LogP contribution in [0.3, 0.4) is 0 Å². The Hall–Kier alpha value is -1.36. The Morgan fingerprint density at radius 1 is 1.28 bits per heavy atom. The van der Waals surface area contributed by atoms with E-state index in [0.717, 1.165) is 11.5 Å². The zero-order valence-electron chi connectivity index (χ0n) is 10.9. The summed E-state index contributed by atoms with van der Waals surface area (Å²) in [6, 6.07) is 5.32. The third-order valence-electron chi connectivity index (χ3n) is 2.24. The quantitative estimate of drug-likeness (QED) is 0.432. The summed E-state index contributed by atoms with van der Waals surface area (Å²) in [6.07, 6.45) is 0. The van der Waals surface area contributed by atoms with Crippen LogP contribution in [0.2, 0.25) is 0 Å². The SMILES string of the molecule is CCOc1cc(C(=N)N)ccc1OCCSCC. The Bertz CT molecular complexity index is 397. The van der Waals surface area contributed by atoms with Crippen LogP contribution in [0, 0.1) is 5.41 Å². The predicted octanol–water partition coefficient (Wildman–Crippen LogP) is 2.50. The minimum atomic E-state index is 0.0315. The van der Waals surface area contributed by atoms with Crippen molar-refractivity contribution in [1.82, 2.24) is 0 Å². The van der Waals surface area contributed by atoms with Crippen molar-refractivity contribution in [3.8, 4) is 11.5 Å². The van der Waals surface area contributed by atoms with Gasteiger partial charge in [-0.15, -0.1) is 0 Å². The Balaban J connectivity index is 2.73. The summed E-state index contributed by atoms with van der Waals surface area (Å²) in [4.78, 5) is 0. The highest BCUT2D eigenvalue weighted by atomic mass is 32.2. The Kier molecular flexibility index (Phi) is 6.43. The van der Waals surface area contributed by atoms with Gasteiger partial charge in [-0.25, -0.2) is 0 Å². The first-order valence-electron chi connectivity index (χ1n) is 6.00. The monoisotopic (exact) mass is 268 g/mol. The lowest BCUT2D eigenvalue weighted by atomic mass is 10.2. The van der Waals surface area contributed by atoms with E-state index in [1.165, 1.54) is 0 Å². The van der Waals surface area contributed by atoms with Gasteiger partial charge in [0, 0.05) is 11.3 Å². The van der Waals surface area contributed by atoms with Crippen molar-refractivity contribution >= 4 is 17.6 Å². The van der Waals surface area contributed by atoms with Gasteiger partial charge in [0.25, 0.3) is 0 Å². The van der Waals surface area contributed by atoms with Crippen molar-refractivity contribution in [2.75, 3.05) is 24.7 Å². The fourth-order valence-electron chi connectivity index (χ4n) is 1.42. The highest BCUT2D eigenvalue weighted by Gasteiger charge is 2.07. The molecule has 1 aromatic carbocycles. The standard InChI is InChI=1S/C13H20N2O2S/c1-3-16-12-9-10(13(14)15)5-6-11(12)17-7-8-18-4-2/h5-6,9H,3-4,7-8H2,1-2H3,(H3,14,15). The van der Waals surface area contributed by atoms with Crippen molar-refractivity contribution in [2.45, 2.75) is 13.8 Å². The molecule has 0 bridgehead atoms. The van der Waals surface area contributed by atoms with E-state index in [1.54, 1.807) is 18.2 Å². The number of thioether (sulfide) groups is 1.